The van der Waals surface area contributed by atoms with Gasteiger partial charge >= 0.3 is 0 Å². The summed E-state index contributed by atoms with van der Waals surface area (Å²) in [6.45, 7) is 6.93. The number of nitrogens with one attached hydrogen (secondary N) is 1. The zero-order valence-corrected chi connectivity index (χ0v) is 17.7. The van der Waals surface area contributed by atoms with Crippen LogP contribution in [-0.4, -0.2) is 32.5 Å². The molecule has 2 aromatic heterocycles. The molecule has 3 heterocycles. The van der Waals surface area contributed by atoms with Gasteiger partial charge in [0, 0.05) is 29.1 Å². The Morgan fingerprint density at radius 2 is 2.07 bits per heavy atom. The van der Waals surface area contributed by atoms with Gasteiger partial charge in [0.1, 0.15) is 17.5 Å². The SMILES string of the molecule is CC(C)(C)c1cc(C(=O)N2CCC[C@H]2c2ncc(Cc3ccc(Cl)cc3)o2)n[nH]1. The summed E-state index contributed by atoms with van der Waals surface area (Å²) < 4.78 is 6.01. The molecule has 1 atom stereocenters. The predicted molar refractivity (Wildman–Crippen MR) is 111 cm³/mol. The third kappa shape index (κ3) is 4.22. The number of carbonyl (C=O) groups is 1. The summed E-state index contributed by atoms with van der Waals surface area (Å²) in [5.41, 5.74) is 2.39. The fourth-order valence-corrected chi connectivity index (χ4v) is 3.72. The van der Waals surface area contributed by atoms with Crippen molar-refractivity contribution in [3.63, 3.8) is 0 Å². The zero-order chi connectivity index (χ0) is 20.6. The average molecular weight is 413 g/mol. The summed E-state index contributed by atoms with van der Waals surface area (Å²) in [4.78, 5) is 19.3. The van der Waals surface area contributed by atoms with E-state index in [-0.39, 0.29) is 17.4 Å². The van der Waals surface area contributed by atoms with E-state index >= 15 is 0 Å². The third-order valence-electron chi connectivity index (χ3n) is 5.27. The van der Waals surface area contributed by atoms with Crippen LogP contribution in [0.1, 0.15) is 73.1 Å². The van der Waals surface area contributed by atoms with Gasteiger partial charge in [0.25, 0.3) is 5.91 Å². The Bertz CT molecular complexity index is 1000. The minimum Gasteiger partial charge on any atom is -0.443 e. The largest absolute Gasteiger partial charge is 0.443 e. The maximum atomic E-state index is 13.1. The first-order valence-corrected chi connectivity index (χ1v) is 10.2. The number of halogens is 1. The number of nitrogens with zero attached hydrogens (tertiary/aromatic N) is 3. The molecule has 1 aliphatic heterocycles. The number of rotatable bonds is 4. The summed E-state index contributed by atoms with van der Waals surface area (Å²) in [5.74, 6) is 1.28. The fourth-order valence-electron chi connectivity index (χ4n) is 3.59. The molecule has 152 valence electrons. The van der Waals surface area contributed by atoms with Crippen LogP contribution in [0.15, 0.2) is 40.9 Å². The Balaban J connectivity index is 1.50. The Morgan fingerprint density at radius 1 is 1.31 bits per heavy atom. The molecule has 0 bridgehead atoms. The molecule has 3 aromatic rings. The quantitative estimate of drug-likeness (QED) is 0.660. The van der Waals surface area contributed by atoms with Crippen molar-refractivity contribution in [1.82, 2.24) is 20.1 Å². The molecule has 0 radical (unpaired) electrons. The Kier molecular flexibility index (Phi) is 5.21. The van der Waals surface area contributed by atoms with Gasteiger partial charge in [-0.25, -0.2) is 4.98 Å². The number of likely N-dealkylation sites (tertiary alicyclic amines) is 1. The van der Waals surface area contributed by atoms with E-state index in [0.717, 1.165) is 29.9 Å². The van der Waals surface area contributed by atoms with Gasteiger partial charge in [-0.15, -0.1) is 0 Å². The molecule has 0 unspecified atom stereocenters. The van der Waals surface area contributed by atoms with E-state index in [1.165, 1.54) is 0 Å². The van der Waals surface area contributed by atoms with Crippen molar-refractivity contribution in [1.29, 1.82) is 0 Å². The van der Waals surface area contributed by atoms with Crippen LogP contribution in [0, 0.1) is 0 Å². The summed E-state index contributed by atoms with van der Waals surface area (Å²) in [6, 6.07) is 9.36. The standard InChI is InChI=1S/C22H25ClN4O2/c1-22(2,3)19-12-17(25-26-19)21(28)27-10-4-5-18(27)20-24-13-16(29-20)11-14-6-8-15(23)9-7-14/h6-9,12-13,18H,4-5,10-11H2,1-3H3,(H,25,26)/t18-/m0/s1. The lowest BCUT2D eigenvalue weighted by Gasteiger charge is -2.21. The number of amides is 1. The number of hydrogen-bond donors (Lipinski definition) is 1. The zero-order valence-electron chi connectivity index (χ0n) is 16.9. The Hall–Kier alpha value is -2.60. The van der Waals surface area contributed by atoms with Crippen molar-refractivity contribution < 1.29 is 9.21 Å². The molecular weight excluding hydrogens is 388 g/mol. The van der Waals surface area contributed by atoms with E-state index < -0.39 is 0 Å². The highest BCUT2D eigenvalue weighted by atomic mass is 35.5. The molecule has 1 aromatic carbocycles. The van der Waals surface area contributed by atoms with Gasteiger partial charge < -0.3 is 9.32 Å². The van der Waals surface area contributed by atoms with Crippen molar-refractivity contribution in [2.75, 3.05) is 6.54 Å². The Morgan fingerprint density at radius 3 is 2.76 bits per heavy atom. The summed E-state index contributed by atoms with van der Waals surface area (Å²) in [6.07, 6.45) is 4.14. The number of benzene rings is 1. The molecule has 0 aliphatic carbocycles. The average Bonchev–Trinajstić information content (AvgIpc) is 3.42. The van der Waals surface area contributed by atoms with Crippen molar-refractivity contribution in [3.8, 4) is 0 Å². The first-order valence-electron chi connectivity index (χ1n) is 9.87. The minimum absolute atomic E-state index is 0.0864. The van der Waals surface area contributed by atoms with E-state index in [9.17, 15) is 4.79 Å². The van der Waals surface area contributed by atoms with Crippen LogP contribution in [0.3, 0.4) is 0 Å². The first-order chi connectivity index (χ1) is 13.8. The van der Waals surface area contributed by atoms with Gasteiger partial charge in [0.2, 0.25) is 5.89 Å². The van der Waals surface area contributed by atoms with Crippen molar-refractivity contribution in [2.45, 2.75) is 51.5 Å². The van der Waals surface area contributed by atoms with Crippen LogP contribution in [0.4, 0.5) is 0 Å². The topological polar surface area (TPSA) is 75.0 Å². The molecule has 29 heavy (non-hydrogen) atoms. The number of aromatic nitrogens is 3. The fraction of sp³-hybridized carbons (Fsp3) is 0.409. The van der Waals surface area contributed by atoms with E-state index in [0.29, 0.717) is 29.6 Å². The van der Waals surface area contributed by atoms with Crippen LogP contribution in [0.5, 0.6) is 0 Å². The lowest BCUT2D eigenvalue weighted by atomic mass is 9.92. The minimum atomic E-state index is -0.156. The first kappa shape index (κ1) is 19.7. The van der Waals surface area contributed by atoms with E-state index in [1.54, 1.807) is 6.20 Å². The number of hydrogen-bond acceptors (Lipinski definition) is 4. The molecule has 1 N–H and O–H groups in total. The molecule has 1 fully saturated rings. The molecule has 1 saturated heterocycles. The number of H-pyrrole nitrogens is 1. The van der Waals surface area contributed by atoms with Crippen LogP contribution in [-0.2, 0) is 11.8 Å². The van der Waals surface area contributed by atoms with E-state index in [1.807, 2.05) is 35.2 Å². The van der Waals surface area contributed by atoms with Gasteiger partial charge in [0.05, 0.1) is 6.20 Å². The molecule has 4 rings (SSSR count). The number of aromatic amines is 1. The second-order valence-electron chi connectivity index (χ2n) is 8.54. The van der Waals surface area contributed by atoms with Gasteiger partial charge in [-0.3, -0.25) is 9.89 Å². The highest BCUT2D eigenvalue weighted by Gasteiger charge is 2.35. The summed E-state index contributed by atoms with van der Waals surface area (Å²) in [5, 5.41) is 7.95. The van der Waals surface area contributed by atoms with Crippen molar-refractivity contribution in [2.24, 2.45) is 0 Å². The Labute approximate surface area is 175 Å². The number of oxazole rings is 1. The smallest absolute Gasteiger partial charge is 0.275 e. The molecule has 7 heteroatoms. The van der Waals surface area contributed by atoms with Crippen molar-refractivity contribution in [3.05, 3.63) is 70.2 Å². The highest BCUT2D eigenvalue weighted by molar-refractivity contribution is 6.30. The second kappa shape index (κ2) is 7.67. The molecule has 6 nitrogen and oxygen atoms in total. The van der Waals surface area contributed by atoms with E-state index in [4.69, 9.17) is 16.0 Å². The lowest BCUT2D eigenvalue weighted by Crippen LogP contribution is -2.31. The van der Waals surface area contributed by atoms with Gasteiger partial charge in [-0.2, -0.15) is 5.10 Å². The van der Waals surface area contributed by atoms with E-state index in [2.05, 4.69) is 36.0 Å². The molecule has 1 aliphatic rings. The molecule has 0 spiro atoms. The predicted octanol–water partition coefficient (Wildman–Crippen LogP) is 4.92. The molecule has 1 amide bonds. The second-order valence-corrected chi connectivity index (χ2v) is 8.98. The van der Waals surface area contributed by atoms with Gasteiger partial charge in [0.15, 0.2) is 0 Å². The third-order valence-corrected chi connectivity index (χ3v) is 5.52. The van der Waals surface area contributed by atoms with Crippen LogP contribution in [0.25, 0.3) is 0 Å². The van der Waals surface area contributed by atoms with Crippen LogP contribution >= 0.6 is 11.6 Å². The maximum Gasteiger partial charge on any atom is 0.275 e. The maximum absolute atomic E-state index is 13.1. The normalized spacial score (nSPS) is 17.1. The monoisotopic (exact) mass is 412 g/mol. The van der Waals surface area contributed by atoms with Crippen LogP contribution in [0.2, 0.25) is 5.02 Å². The molecule has 0 saturated carbocycles. The van der Waals surface area contributed by atoms with Crippen LogP contribution < -0.4 is 0 Å². The summed E-state index contributed by atoms with van der Waals surface area (Å²) >= 11 is 5.95. The van der Waals surface area contributed by atoms with Gasteiger partial charge in [-0.05, 0) is 36.6 Å². The lowest BCUT2D eigenvalue weighted by molar-refractivity contribution is 0.0708. The summed E-state index contributed by atoms with van der Waals surface area (Å²) in [7, 11) is 0. The molecular formula is C22H25ClN4O2. The van der Waals surface area contributed by atoms with Crippen molar-refractivity contribution >= 4 is 17.5 Å². The number of carbonyl (C=O) groups excluding carboxylic acids is 1. The highest BCUT2D eigenvalue weighted by Crippen LogP contribution is 2.33. The van der Waals surface area contributed by atoms with Gasteiger partial charge in [-0.1, -0.05) is 44.5 Å².